The number of carboxylic acids is 1. The van der Waals surface area contributed by atoms with E-state index in [1.165, 1.54) is 4.90 Å². The molecule has 26 heavy (non-hydrogen) atoms. The first-order valence-corrected chi connectivity index (χ1v) is 8.53. The molecule has 1 saturated heterocycles. The molecule has 0 bridgehead atoms. The summed E-state index contributed by atoms with van der Waals surface area (Å²) in [7, 11) is 0. The van der Waals surface area contributed by atoms with Crippen molar-refractivity contribution in [3.8, 4) is 0 Å². The van der Waals surface area contributed by atoms with Gasteiger partial charge >= 0.3 is 12.1 Å². The van der Waals surface area contributed by atoms with Crippen molar-refractivity contribution in [2.45, 2.75) is 44.9 Å². The second-order valence-corrected chi connectivity index (χ2v) is 6.45. The van der Waals surface area contributed by atoms with E-state index < -0.39 is 30.1 Å². The smallest absolute Gasteiger partial charge is 0.410 e. The van der Waals surface area contributed by atoms with E-state index in [1.807, 2.05) is 30.3 Å². The molecule has 2 rings (SSSR count). The molecule has 1 aliphatic heterocycles. The van der Waals surface area contributed by atoms with Crippen molar-refractivity contribution in [1.29, 1.82) is 0 Å². The Morgan fingerprint density at radius 3 is 2.65 bits per heavy atom. The summed E-state index contributed by atoms with van der Waals surface area (Å²) in [5.74, 6) is -1.61. The molecule has 0 unspecified atom stereocenters. The zero-order chi connectivity index (χ0) is 19.1. The summed E-state index contributed by atoms with van der Waals surface area (Å²) in [5.41, 5.74) is 1.51. The molecule has 0 aromatic heterocycles. The van der Waals surface area contributed by atoms with Gasteiger partial charge in [-0.2, -0.15) is 0 Å². The van der Waals surface area contributed by atoms with Crippen LogP contribution in [-0.4, -0.2) is 46.6 Å². The first-order chi connectivity index (χ1) is 12.4. The summed E-state index contributed by atoms with van der Waals surface area (Å²) >= 11 is 0. The molecular weight excluding hydrogens is 336 g/mol. The van der Waals surface area contributed by atoms with Gasteiger partial charge in [0.25, 0.3) is 0 Å². The van der Waals surface area contributed by atoms with Crippen LogP contribution in [-0.2, 0) is 20.9 Å². The van der Waals surface area contributed by atoms with E-state index in [0.29, 0.717) is 25.0 Å². The van der Waals surface area contributed by atoms with E-state index in [9.17, 15) is 19.5 Å². The molecule has 0 aliphatic carbocycles. The number of nitrogens with one attached hydrogen (secondary N) is 1. The van der Waals surface area contributed by atoms with Crippen LogP contribution in [0.1, 0.15) is 31.7 Å². The number of benzene rings is 1. The molecule has 0 radical (unpaired) electrons. The lowest BCUT2D eigenvalue weighted by atomic mass is 10.1. The van der Waals surface area contributed by atoms with Crippen LogP contribution in [0, 0.1) is 0 Å². The highest BCUT2D eigenvalue weighted by Crippen LogP contribution is 2.19. The topological polar surface area (TPSA) is 95.9 Å². The third kappa shape index (κ3) is 5.34. The average molecular weight is 360 g/mol. The predicted octanol–water partition coefficient (Wildman–Crippen LogP) is 2.32. The van der Waals surface area contributed by atoms with E-state index in [2.05, 4.69) is 11.9 Å². The zero-order valence-corrected chi connectivity index (χ0v) is 14.8. The lowest BCUT2D eigenvalue weighted by Gasteiger charge is -2.25. The number of likely N-dealkylation sites (tertiary alicyclic amines) is 1. The summed E-state index contributed by atoms with van der Waals surface area (Å²) in [5, 5.41) is 11.7. The number of hydrogen-bond acceptors (Lipinski definition) is 4. The number of hydrogen-bond donors (Lipinski definition) is 2. The SMILES string of the molecule is C=C(C)C[C@@H](NC(=O)[C@H]1CCCN1C(=O)OCc1ccccc1)C(=O)O. The highest BCUT2D eigenvalue weighted by atomic mass is 16.6. The van der Waals surface area contributed by atoms with Crippen molar-refractivity contribution >= 4 is 18.0 Å². The minimum absolute atomic E-state index is 0.123. The van der Waals surface area contributed by atoms with Crippen LogP contribution in [0.5, 0.6) is 0 Å². The lowest BCUT2D eigenvalue weighted by Crippen LogP contribution is -2.51. The van der Waals surface area contributed by atoms with E-state index in [-0.39, 0.29) is 13.0 Å². The van der Waals surface area contributed by atoms with Crippen LogP contribution in [0.25, 0.3) is 0 Å². The van der Waals surface area contributed by atoms with E-state index in [0.717, 1.165) is 5.56 Å². The van der Waals surface area contributed by atoms with Crippen LogP contribution in [0.15, 0.2) is 42.5 Å². The normalized spacial score (nSPS) is 17.4. The minimum Gasteiger partial charge on any atom is -0.480 e. The van der Waals surface area contributed by atoms with Gasteiger partial charge in [-0.15, -0.1) is 6.58 Å². The second-order valence-electron chi connectivity index (χ2n) is 6.45. The third-order valence-electron chi connectivity index (χ3n) is 4.16. The number of carboxylic acid groups (broad SMARTS) is 1. The van der Waals surface area contributed by atoms with Crippen molar-refractivity contribution in [2.24, 2.45) is 0 Å². The van der Waals surface area contributed by atoms with Gasteiger partial charge in [-0.05, 0) is 31.7 Å². The van der Waals surface area contributed by atoms with Crippen molar-refractivity contribution in [3.63, 3.8) is 0 Å². The Hall–Kier alpha value is -2.83. The molecule has 2 N–H and O–H groups in total. The van der Waals surface area contributed by atoms with Gasteiger partial charge in [0.05, 0.1) is 0 Å². The Bertz CT molecular complexity index is 674. The standard InChI is InChI=1S/C19H24N2O5/c1-13(2)11-15(18(23)24)20-17(22)16-9-6-10-21(16)19(25)26-12-14-7-4-3-5-8-14/h3-5,7-8,15-16H,1,6,9-12H2,2H3,(H,20,22)(H,23,24)/t15-,16-/m1/s1. The van der Waals surface area contributed by atoms with Gasteiger partial charge in [-0.3, -0.25) is 9.69 Å². The quantitative estimate of drug-likeness (QED) is 0.728. The molecule has 0 spiro atoms. The molecule has 7 nitrogen and oxygen atoms in total. The Labute approximate surface area is 152 Å². The maximum Gasteiger partial charge on any atom is 0.410 e. The summed E-state index contributed by atoms with van der Waals surface area (Å²) in [4.78, 5) is 37.5. The van der Waals surface area contributed by atoms with Crippen molar-refractivity contribution in [2.75, 3.05) is 6.54 Å². The number of ether oxygens (including phenoxy) is 1. The van der Waals surface area contributed by atoms with Crippen LogP contribution < -0.4 is 5.32 Å². The molecule has 2 atom stereocenters. The first kappa shape index (κ1) is 19.5. The highest BCUT2D eigenvalue weighted by molar-refractivity contribution is 5.89. The third-order valence-corrected chi connectivity index (χ3v) is 4.16. The fourth-order valence-corrected chi connectivity index (χ4v) is 2.88. The Morgan fingerprint density at radius 1 is 1.35 bits per heavy atom. The fourth-order valence-electron chi connectivity index (χ4n) is 2.88. The van der Waals surface area contributed by atoms with E-state index >= 15 is 0 Å². The molecule has 1 heterocycles. The molecule has 1 fully saturated rings. The molecule has 7 heteroatoms. The monoisotopic (exact) mass is 360 g/mol. The largest absolute Gasteiger partial charge is 0.480 e. The van der Waals surface area contributed by atoms with Crippen LogP contribution >= 0.6 is 0 Å². The van der Waals surface area contributed by atoms with Gasteiger partial charge in [0, 0.05) is 6.54 Å². The van der Waals surface area contributed by atoms with Crippen LogP contribution in [0.2, 0.25) is 0 Å². The van der Waals surface area contributed by atoms with Crippen LogP contribution in [0.4, 0.5) is 4.79 Å². The van der Waals surface area contributed by atoms with Crippen molar-refractivity contribution < 1.29 is 24.2 Å². The van der Waals surface area contributed by atoms with Gasteiger partial charge < -0.3 is 15.2 Å². The van der Waals surface area contributed by atoms with E-state index in [4.69, 9.17) is 4.74 Å². The molecular formula is C19H24N2O5. The zero-order valence-electron chi connectivity index (χ0n) is 14.8. The first-order valence-electron chi connectivity index (χ1n) is 8.53. The van der Waals surface area contributed by atoms with Crippen LogP contribution in [0.3, 0.4) is 0 Å². The van der Waals surface area contributed by atoms with Gasteiger partial charge in [0.2, 0.25) is 5.91 Å². The number of carbonyl (C=O) groups is 3. The van der Waals surface area contributed by atoms with Crippen molar-refractivity contribution in [1.82, 2.24) is 10.2 Å². The maximum absolute atomic E-state index is 12.5. The van der Waals surface area contributed by atoms with Gasteiger partial charge in [-0.25, -0.2) is 9.59 Å². The number of amides is 2. The highest BCUT2D eigenvalue weighted by Gasteiger charge is 2.36. The number of nitrogens with zero attached hydrogens (tertiary/aromatic N) is 1. The number of aliphatic carboxylic acids is 1. The van der Waals surface area contributed by atoms with Crippen molar-refractivity contribution in [3.05, 3.63) is 48.0 Å². The van der Waals surface area contributed by atoms with Gasteiger partial charge in [0.1, 0.15) is 18.7 Å². The van der Waals surface area contributed by atoms with Gasteiger partial charge in [-0.1, -0.05) is 35.9 Å². The maximum atomic E-state index is 12.5. The average Bonchev–Trinajstić information content (AvgIpc) is 3.09. The molecule has 140 valence electrons. The van der Waals surface area contributed by atoms with Gasteiger partial charge in [0.15, 0.2) is 0 Å². The summed E-state index contributed by atoms with van der Waals surface area (Å²) in [6, 6.07) is 7.49. The van der Waals surface area contributed by atoms with E-state index in [1.54, 1.807) is 6.92 Å². The Morgan fingerprint density at radius 2 is 2.04 bits per heavy atom. The molecule has 1 aliphatic rings. The summed E-state index contributed by atoms with van der Waals surface area (Å²) in [6.45, 7) is 5.91. The molecule has 1 aromatic carbocycles. The lowest BCUT2D eigenvalue weighted by molar-refractivity contribution is -0.142. The second kappa shape index (κ2) is 9.03. The Kier molecular flexibility index (Phi) is 6.77. The number of carbonyl (C=O) groups excluding carboxylic acids is 2. The summed E-state index contributed by atoms with van der Waals surface area (Å²) in [6.07, 6.45) is 0.715. The molecule has 2 amide bonds. The minimum atomic E-state index is -1.13. The predicted molar refractivity (Wildman–Crippen MR) is 95.4 cm³/mol. The fraction of sp³-hybridized carbons (Fsp3) is 0.421. The summed E-state index contributed by atoms with van der Waals surface area (Å²) < 4.78 is 5.29. The molecule has 1 aromatic rings. The number of rotatable bonds is 7. The molecule has 0 saturated carbocycles. The Balaban J connectivity index is 1.95.